The molecule has 0 amide bonds. The number of nitrogen functional groups attached to an aromatic ring is 1. The molecule has 2 aromatic heterocycles. The van der Waals surface area contributed by atoms with Crippen molar-refractivity contribution in [1.29, 1.82) is 0 Å². The summed E-state index contributed by atoms with van der Waals surface area (Å²) in [4.78, 5) is 31.2. The first-order chi connectivity index (χ1) is 12.8. The molecule has 8 nitrogen and oxygen atoms in total. The average Bonchev–Trinajstić information content (AvgIpc) is 3.01. The number of hydrogen-bond donors (Lipinski definition) is 1. The maximum atomic E-state index is 12.5. The summed E-state index contributed by atoms with van der Waals surface area (Å²) in [5, 5.41) is 1.36. The Morgan fingerprint density at radius 3 is 2.56 bits per heavy atom. The van der Waals surface area contributed by atoms with Crippen LogP contribution >= 0.6 is 22.9 Å². The van der Waals surface area contributed by atoms with E-state index in [2.05, 4.69) is 19.9 Å². The third-order valence-corrected chi connectivity index (χ3v) is 4.93. The normalized spacial score (nSPS) is 10.7. The minimum absolute atomic E-state index is 0.0683. The van der Waals surface area contributed by atoms with Crippen LogP contribution < -0.4 is 10.6 Å². The van der Waals surface area contributed by atoms with Crippen molar-refractivity contribution in [2.45, 2.75) is 13.5 Å². The minimum Gasteiger partial charge on any atom is -0.453 e. The molecule has 2 heterocycles. The van der Waals surface area contributed by atoms with E-state index in [0.29, 0.717) is 21.5 Å². The van der Waals surface area contributed by atoms with Gasteiger partial charge in [-0.05, 0) is 19.1 Å². The fraction of sp³-hybridized carbons (Fsp3) is 0.235. The Balaban J connectivity index is 1.74. The first-order valence-electron chi connectivity index (χ1n) is 7.91. The van der Waals surface area contributed by atoms with Gasteiger partial charge in [0.1, 0.15) is 9.88 Å². The van der Waals surface area contributed by atoms with Crippen molar-refractivity contribution in [3.63, 3.8) is 0 Å². The number of nitrogens with zero attached hydrogens (tertiary/aromatic N) is 5. The van der Waals surface area contributed by atoms with E-state index >= 15 is 0 Å². The highest BCUT2D eigenvalue weighted by molar-refractivity contribution is 7.17. The molecule has 0 saturated carbocycles. The molecule has 10 heteroatoms. The Bertz CT molecular complexity index is 974. The fourth-order valence-corrected chi connectivity index (χ4v) is 3.28. The molecule has 0 atom stereocenters. The molecule has 27 heavy (non-hydrogen) atoms. The third kappa shape index (κ3) is 4.50. The second-order valence-corrected chi connectivity index (χ2v) is 7.26. The van der Waals surface area contributed by atoms with Crippen molar-refractivity contribution in [3.8, 4) is 10.6 Å². The van der Waals surface area contributed by atoms with Crippen molar-refractivity contribution >= 4 is 40.8 Å². The second kappa shape index (κ2) is 7.85. The largest absolute Gasteiger partial charge is 0.453 e. The molecule has 0 bridgehead atoms. The highest BCUT2D eigenvalue weighted by atomic mass is 35.5. The Morgan fingerprint density at radius 1 is 1.19 bits per heavy atom. The van der Waals surface area contributed by atoms with Gasteiger partial charge in [-0.15, -0.1) is 11.3 Å². The number of esters is 1. The van der Waals surface area contributed by atoms with Gasteiger partial charge in [-0.3, -0.25) is 0 Å². The van der Waals surface area contributed by atoms with Crippen molar-refractivity contribution in [1.82, 2.24) is 19.9 Å². The zero-order chi connectivity index (χ0) is 19.6. The van der Waals surface area contributed by atoms with E-state index in [4.69, 9.17) is 22.1 Å². The van der Waals surface area contributed by atoms with Gasteiger partial charge in [-0.25, -0.2) is 9.78 Å². The zero-order valence-corrected chi connectivity index (χ0v) is 16.5. The SMILES string of the molecule is Cc1nc(-c2ccc(Cl)cc2)sc1C(=O)OCc1nc(N)nc(N(C)C)n1. The molecule has 0 aliphatic heterocycles. The number of aryl methyl sites for hydroxylation is 1. The minimum atomic E-state index is -0.490. The number of anilines is 2. The summed E-state index contributed by atoms with van der Waals surface area (Å²) in [6.07, 6.45) is 0. The van der Waals surface area contributed by atoms with Crippen LogP contribution in [-0.2, 0) is 11.3 Å². The van der Waals surface area contributed by atoms with Gasteiger partial charge in [0.05, 0.1) is 5.69 Å². The molecule has 0 spiro atoms. The van der Waals surface area contributed by atoms with Crippen molar-refractivity contribution in [2.24, 2.45) is 0 Å². The number of benzene rings is 1. The van der Waals surface area contributed by atoms with Gasteiger partial charge >= 0.3 is 5.97 Å². The molecule has 3 rings (SSSR count). The molecule has 0 aliphatic carbocycles. The molecule has 1 aromatic carbocycles. The van der Waals surface area contributed by atoms with Crippen LogP contribution in [0.2, 0.25) is 5.02 Å². The summed E-state index contributed by atoms with van der Waals surface area (Å²) in [6.45, 7) is 1.65. The van der Waals surface area contributed by atoms with Crippen molar-refractivity contribution in [2.75, 3.05) is 24.7 Å². The Kier molecular flexibility index (Phi) is 5.52. The second-order valence-electron chi connectivity index (χ2n) is 5.82. The zero-order valence-electron chi connectivity index (χ0n) is 14.9. The molecule has 0 fully saturated rings. The summed E-state index contributed by atoms with van der Waals surface area (Å²) in [7, 11) is 3.56. The number of thiazole rings is 1. The highest BCUT2D eigenvalue weighted by Gasteiger charge is 2.18. The van der Waals surface area contributed by atoms with Gasteiger partial charge in [0.25, 0.3) is 0 Å². The van der Waals surface area contributed by atoms with E-state index < -0.39 is 5.97 Å². The van der Waals surface area contributed by atoms with Crippen LogP contribution in [0.5, 0.6) is 0 Å². The molecule has 0 aliphatic rings. The van der Waals surface area contributed by atoms with E-state index in [9.17, 15) is 4.79 Å². The van der Waals surface area contributed by atoms with E-state index in [1.54, 1.807) is 38.1 Å². The maximum absolute atomic E-state index is 12.5. The fourth-order valence-electron chi connectivity index (χ4n) is 2.19. The Labute approximate surface area is 165 Å². The third-order valence-electron chi connectivity index (χ3n) is 3.49. The number of carbonyl (C=O) groups is 1. The summed E-state index contributed by atoms with van der Waals surface area (Å²) >= 11 is 7.17. The topological polar surface area (TPSA) is 107 Å². The van der Waals surface area contributed by atoms with Crippen LogP contribution in [0.4, 0.5) is 11.9 Å². The molecule has 0 unspecified atom stereocenters. The van der Waals surface area contributed by atoms with Crippen LogP contribution in [0.1, 0.15) is 21.2 Å². The van der Waals surface area contributed by atoms with Gasteiger partial charge in [0, 0.05) is 24.7 Å². The Morgan fingerprint density at radius 2 is 1.89 bits per heavy atom. The van der Waals surface area contributed by atoms with Crippen molar-refractivity contribution < 1.29 is 9.53 Å². The monoisotopic (exact) mass is 404 g/mol. The van der Waals surface area contributed by atoms with Crippen LogP contribution in [0.25, 0.3) is 10.6 Å². The van der Waals surface area contributed by atoms with E-state index in [0.717, 1.165) is 10.6 Å². The lowest BCUT2D eigenvalue weighted by atomic mass is 10.2. The Hall–Kier alpha value is -2.78. The number of rotatable bonds is 5. The lowest BCUT2D eigenvalue weighted by Crippen LogP contribution is -2.17. The summed E-state index contributed by atoms with van der Waals surface area (Å²) < 4.78 is 5.34. The lowest BCUT2D eigenvalue weighted by Gasteiger charge is -2.11. The molecule has 140 valence electrons. The summed E-state index contributed by atoms with van der Waals surface area (Å²) in [5.74, 6) is 0.251. The quantitative estimate of drug-likeness (QED) is 0.646. The number of nitrogens with two attached hydrogens (primary N) is 1. The number of hydrogen-bond acceptors (Lipinski definition) is 9. The molecular weight excluding hydrogens is 388 g/mol. The predicted molar refractivity (Wildman–Crippen MR) is 105 cm³/mol. The highest BCUT2D eigenvalue weighted by Crippen LogP contribution is 2.29. The smallest absolute Gasteiger partial charge is 0.350 e. The molecule has 0 radical (unpaired) electrons. The van der Waals surface area contributed by atoms with Gasteiger partial charge in [-0.2, -0.15) is 15.0 Å². The lowest BCUT2D eigenvalue weighted by molar-refractivity contribution is 0.0467. The van der Waals surface area contributed by atoms with Crippen LogP contribution in [0.3, 0.4) is 0 Å². The van der Waals surface area contributed by atoms with Gasteiger partial charge in [0.15, 0.2) is 12.4 Å². The predicted octanol–water partition coefficient (Wildman–Crippen LogP) is 2.96. The van der Waals surface area contributed by atoms with Crippen molar-refractivity contribution in [3.05, 3.63) is 45.7 Å². The maximum Gasteiger partial charge on any atom is 0.350 e. The summed E-state index contributed by atoms with van der Waals surface area (Å²) in [6, 6.07) is 7.26. The molecule has 2 N–H and O–H groups in total. The van der Waals surface area contributed by atoms with Crippen LogP contribution in [-0.4, -0.2) is 40.0 Å². The molecule has 3 aromatic rings. The van der Waals surface area contributed by atoms with E-state index in [1.807, 2.05) is 12.1 Å². The van der Waals surface area contributed by atoms with Crippen LogP contribution in [0.15, 0.2) is 24.3 Å². The molecular formula is C17H17ClN6O2S. The van der Waals surface area contributed by atoms with Crippen LogP contribution in [0, 0.1) is 6.92 Å². The summed E-state index contributed by atoms with van der Waals surface area (Å²) in [5.41, 5.74) is 7.15. The van der Waals surface area contributed by atoms with E-state index in [1.165, 1.54) is 11.3 Å². The van der Waals surface area contributed by atoms with Gasteiger partial charge in [0.2, 0.25) is 11.9 Å². The first-order valence-corrected chi connectivity index (χ1v) is 9.11. The first kappa shape index (κ1) is 19.0. The van der Waals surface area contributed by atoms with E-state index in [-0.39, 0.29) is 18.4 Å². The molecule has 0 saturated heterocycles. The average molecular weight is 405 g/mol. The van der Waals surface area contributed by atoms with Gasteiger partial charge in [-0.1, -0.05) is 23.7 Å². The van der Waals surface area contributed by atoms with Gasteiger partial charge < -0.3 is 15.4 Å². The number of ether oxygens (including phenoxy) is 1. The standard InChI is InChI=1S/C17H17ClN6O2S/c1-9-13(27-14(20-9)10-4-6-11(18)7-5-10)15(25)26-8-12-21-16(19)23-17(22-12)24(2)3/h4-7H,8H2,1-3H3,(H2,19,21,22,23). The number of carbonyl (C=O) groups excluding carboxylic acids is 1. The number of aromatic nitrogens is 4. The number of halogens is 1.